The summed E-state index contributed by atoms with van der Waals surface area (Å²) in [5.74, 6) is -0.171. The molecule has 5 nitrogen and oxygen atoms in total. The molecule has 0 heterocycles. The number of rotatable bonds is 8. The molecule has 0 saturated heterocycles. The zero-order chi connectivity index (χ0) is 15.8. The lowest BCUT2D eigenvalue weighted by Gasteiger charge is -2.16. The quantitative estimate of drug-likeness (QED) is 0.721. The third kappa shape index (κ3) is 6.53. The summed E-state index contributed by atoms with van der Waals surface area (Å²) in [5, 5.41) is 11.6. The highest BCUT2D eigenvalue weighted by Crippen LogP contribution is 2.22. The number of hydrogen-bond donors (Lipinski definition) is 2. The third-order valence-electron chi connectivity index (χ3n) is 2.75. The highest BCUT2D eigenvalue weighted by molar-refractivity contribution is 8.00. The highest BCUT2D eigenvalue weighted by Gasteiger charge is 2.20. The molecule has 1 aromatic rings. The van der Waals surface area contributed by atoms with Gasteiger partial charge in [0.15, 0.2) is 0 Å². The lowest BCUT2D eigenvalue weighted by Crippen LogP contribution is -2.42. The standard InChI is InChI=1S/C15H21NO4S/c1-10(2)7-13(15(18)19)16-14(17)9-21-12-6-4-5-11(8-12)20-3/h4-6,8,10,13H,7,9H2,1-3H3,(H,16,17)(H,18,19). The van der Waals surface area contributed by atoms with Crippen molar-refractivity contribution in [2.45, 2.75) is 31.2 Å². The molecule has 2 N–H and O–H groups in total. The van der Waals surface area contributed by atoms with Crippen LogP contribution in [0.3, 0.4) is 0 Å². The molecule has 1 amide bonds. The first-order valence-electron chi connectivity index (χ1n) is 6.71. The van der Waals surface area contributed by atoms with Gasteiger partial charge in [-0.05, 0) is 30.5 Å². The van der Waals surface area contributed by atoms with E-state index >= 15 is 0 Å². The first kappa shape index (κ1) is 17.4. The van der Waals surface area contributed by atoms with Gasteiger partial charge in [0.1, 0.15) is 11.8 Å². The zero-order valence-electron chi connectivity index (χ0n) is 12.5. The summed E-state index contributed by atoms with van der Waals surface area (Å²) in [5.41, 5.74) is 0. The van der Waals surface area contributed by atoms with Crippen molar-refractivity contribution in [2.24, 2.45) is 5.92 Å². The number of thioether (sulfide) groups is 1. The van der Waals surface area contributed by atoms with Gasteiger partial charge in [0.05, 0.1) is 12.9 Å². The summed E-state index contributed by atoms with van der Waals surface area (Å²) in [4.78, 5) is 23.8. The maximum absolute atomic E-state index is 11.8. The predicted octanol–water partition coefficient (Wildman–Crippen LogP) is 2.40. The van der Waals surface area contributed by atoms with Crippen molar-refractivity contribution >= 4 is 23.6 Å². The highest BCUT2D eigenvalue weighted by atomic mass is 32.2. The molecule has 6 heteroatoms. The van der Waals surface area contributed by atoms with E-state index in [2.05, 4.69) is 5.32 Å². The summed E-state index contributed by atoms with van der Waals surface area (Å²) < 4.78 is 5.11. The first-order chi connectivity index (χ1) is 9.92. The van der Waals surface area contributed by atoms with Gasteiger partial charge in [-0.1, -0.05) is 19.9 Å². The van der Waals surface area contributed by atoms with Crippen molar-refractivity contribution in [3.8, 4) is 5.75 Å². The van der Waals surface area contributed by atoms with E-state index in [-0.39, 0.29) is 17.6 Å². The van der Waals surface area contributed by atoms with E-state index < -0.39 is 12.0 Å². The van der Waals surface area contributed by atoms with E-state index in [0.29, 0.717) is 6.42 Å². The van der Waals surface area contributed by atoms with Crippen LogP contribution in [0.2, 0.25) is 0 Å². The van der Waals surface area contributed by atoms with E-state index in [1.54, 1.807) is 7.11 Å². The minimum absolute atomic E-state index is 0.176. The van der Waals surface area contributed by atoms with E-state index in [4.69, 9.17) is 9.84 Å². The first-order valence-corrected chi connectivity index (χ1v) is 7.70. The lowest BCUT2D eigenvalue weighted by atomic mass is 10.0. The van der Waals surface area contributed by atoms with Crippen molar-refractivity contribution in [3.05, 3.63) is 24.3 Å². The number of carbonyl (C=O) groups excluding carboxylic acids is 1. The monoisotopic (exact) mass is 311 g/mol. The van der Waals surface area contributed by atoms with Gasteiger partial charge in [-0.25, -0.2) is 4.79 Å². The van der Waals surface area contributed by atoms with Crippen molar-refractivity contribution in [1.29, 1.82) is 0 Å². The maximum atomic E-state index is 11.8. The van der Waals surface area contributed by atoms with Crippen LogP contribution in [0.25, 0.3) is 0 Å². The molecule has 1 unspecified atom stereocenters. The Kier molecular flexibility index (Phi) is 7.08. The number of hydrogen-bond acceptors (Lipinski definition) is 4. The molecule has 0 fully saturated rings. The van der Waals surface area contributed by atoms with Crippen molar-refractivity contribution in [2.75, 3.05) is 12.9 Å². The number of benzene rings is 1. The topological polar surface area (TPSA) is 75.6 Å². The molecule has 0 aliphatic heterocycles. The Balaban J connectivity index is 2.50. The Morgan fingerprint density at radius 1 is 1.38 bits per heavy atom. The van der Waals surface area contributed by atoms with Gasteiger partial charge in [-0.15, -0.1) is 11.8 Å². The van der Waals surface area contributed by atoms with E-state index in [9.17, 15) is 9.59 Å². The number of ether oxygens (including phenoxy) is 1. The normalized spacial score (nSPS) is 12.0. The van der Waals surface area contributed by atoms with Crippen LogP contribution in [0, 0.1) is 5.92 Å². The molecule has 0 bridgehead atoms. The minimum Gasteiger partial charge on any atom is -0.497 e. The Morgan fingerprint density at radius 3 is 2.67 bits per heavy atom. The van der Waals surface area contributed by atoms with Crippen LogP contribution < -0.4 is 10.1 Å². The van der Waals surface area contributed by atoms with Gasteiger partial charge >= 0.3 is 5.97 Å². The van der Waals surface area contributed by atoms with Crippen LogP contribution >= 0.6 is 11.8 Å². The average Bonchev–Trinajstić information content (AvgIpc) is 2.44. The largest absolute Gasteiger partial charge is 0.497 e. The Hall–Kier alpha value is -1.69. The summed E-state index contributed by atoms with van der Waals surface area (Å²) in [6.07, 6.45) is 0.422. The number of nitrogens with one attached hydrogen (secondary N) is 1. The second-order valence-corrected chi connectivity index (χ2v) is 6.10. The molecule has 1 rings (SSSR count). The molecule has 1 atom stereocenters. The molecular formula is C15H21NO4S. The number of carboxylic acid groups (broad SMARTS) is 1. The van der Waals surface area contributed by atoms with Crippen molar-refractivity contribution in [3.63, 3.8) is 0 Å². The van der Waals surface area contributed by atoms with Gasteiger partial charge in [0.2, 0.25) is 5.91 Å². The lowest BCUT2D eigenvalue weighted by molar-refractivity contribution is -0.141. The second-order valence-electron chi connectivity index (χ2n) is 5.06. The van der Waals surface area contributed by atoms with Gasteiger partial charge in [0.25, 0.3) is 0 Å². The molecule has 1 aromatic carbocycles. The smallest absolute Gasteiger partial charge is 0.326 e. The molecule has 0 aliphatic carbocycles. The molecular weight excluding hydrogens is 290 g/mol. The van der Waals surface area contributed by atoms with Gasteiger partial charge in [0, 0.05) is 4.90 Å². The molecule has 116 valence electrons. The molecule has 0 spiro atoms. The molecule has 0 aromatic heterocycles. The number of aliphatic carboxylic acids is 1. The predicted molar refractivity (Wildman–Crippen MR) is 82.7 cm³/mol. The number of amides is 1. The third-order valence-corrected chi connectivity index (χ3v) is 3.75. The Labute approximate surface area is 129 Å². The van der Waals surface area contributed by atoms with Crippen molar-refractivity contribution < 1.29 is 19.4 Å². The molecule has 0 aliphatic rings. The number of carboxylic acids is 1. The maximum Gasteiger partial charge on any atom is 0.326 e. The van der Waals surface area contributed by atoms with Crippen molar-refractivity contribution in [1.82, 2.24) is 5.32 Å². The molecule has 0 saturated carbocycles. The van der Waals surface area contributed by atoms with Crippen LogP contribution in [0.1, 0.15) is 20.3 Å². The summed E-state index contributed by atoms with van der Waals surface area (Å²) in [6, 6.07) is 6.55. The second kappa shape index (κ2) is 8.56. The zero-order valence-corrected chi connectivity index (χ0v) is 13.3. The van der Waals surface area contributed by atoms with Crippen LogP contribution in [-0.4, -0.2) is 35.9 Å². The van der Waals surface area contributed by atoms with Crippen LogP contribution in [0.15, 0.2) is 29.2 Å². The van der Waals surface area contributed by atoms with E-state index in [1.165, 1.54) is 11.8 Å². The van der Waals surface area contributed by atoms with E-state index in [1.807, 2.05) is 38.1 Å². The minimum atomic E-state index is -0.997. The fourth-order valence-electron chi connectivity index (χ4n) is 1.77. The number of carbonyl (C=O) groups is 2. The summed E-state index contributed by atoms with van der Waals surface area (Å²) in [6.45, 7) is 3.85. The Bertz CT molecular complexity index is 490. The van der Waals surface area contributed by atoms with Gasteiger partial charge in [-0.2, -0.15) is 0 Å². The SMILES string of the molecule is COc1cccc(SCC(=O)NC(CC(C)C)C(=O)O)c1. The Morgan fingerprint density at radius 2 is 2.10 bits per heavy atom. The fraction of sp³-hybridized carbons (Fsp3) is 0.467. The summed E-state index contributed by atoms with van der Waals surface area (Å²) >= 11 is 1.35. The summed E-state index contributed by atoms with van der Waals surface area (Å²) in [7, 11) is 1.58. The molecule has 0 radical (unpaired) electrons. The number of methoxy groups -OCH3 is 1. The van der Waals surface area contributed by atoms with Gasteiger partial charge in [-0.3, -0.25) is 4.79 Å². The van der Waals surface area contributed by atoms with E-state index in [0.717, 1.165) is 10.6 Å². The van der Waals surface area contributed by atoms with Gasteiger partial charge < -0.3 is 15.2 Å². The van der Waals surface area contributed by atoms with Crippen LogP contribution in [-0.2, 0) is 9.59 Å². The van der Waals surface area contributed by atoms with Crippen LogP contribution in [0.4, 0.5) is 0 Å². The average molecular weight is 311 g/mol. The van der Waals surface area contributed by atoms with Crippen LogP contribution in [0.5, 0.6) is 5.75 Å². The fourth-order valence-corrected chi connectivity index (χ4v) is 2.52. The molecule has 21 heavy (non-hydrogen) atoms.